The van der Waals surface area contributed by atoms with E-state index < -0.39 is 5.79 Å². The molecule has 1 saturated heterocycles. The number of nitrogens with zero attached hydrogens (tertiary/aromatic N) is 2. The topological polar surface area (TPSA) is 36.3 Å². The minimum Gasteiger partial charge on any atom is -0.347 e. The average Bonchev–Trinajstić information content (AvgIpc) is 3.17. The normalized spacial score (nSPS) is 18.5. The lowest BCUT2D eigenvalue weighted by Crippen LogP contribution is -2.52. The summed E-state index contributed by atoms with van der Waals surface area (Å²) in [5, 5.41) is 0. The summed E-state index contributed by atoms with van der Waals surface area (Å²) in [5.41, 5.74) is 1.21. The van der Waals surface area contributed by atoms with Gasteiger partial charge in [-0.25, -0.2) is 9.37 Å². The first-order chi connectivity index (χ1) is 13.1. The van der Waals surface area contributed by atoms with E-state index in [-0.39, 0.29) is 11.2 Å². The van der Waals surface area contributed by atoms with Crippen molar-refractivity contribution in [3.63, 3.8) is 0 Å². The molecule has 0 spiro atoms. The van der Waals surface area contributed by atoms with Crippen molar-refractivity contribution < 1.29 is 13.9 Å². The van der Waals surface area contributed by atoms with Crippen LogP contribution in [0.15, 0.2) is 43.0 Å². The summed E-state index contributed by atoms with van der Waals surface area (Å²) in [6.45, 7) is 6.51. The third kappa shape index (κ3) is 5.17. The third-order valence-electron chi connectivity index (χ3n) is 5.53. The van der Waals surface area contributed by atoms with Crippen molar-refractivity contribution in [2.45, 2.75) is 64.7 Å². The van der Waals surface area contributed by atoms with Gasteiger partial charge in [-0.15, -0.1) is 0 Å². The fourth-order valence-corrected chi connectivity index (χ4v) is 4.09. The maximum absolute atomic E-state index is 13.2. The van der Waals surface area contributed by atoms with Crippen LogP contribution in [0.1, 0.15) is 51.5 Å². The summed E-state index contributed by atoms with van der Waals surface area (Å²) in [6, 6.07) is 6.69. The van der Waals surface area contributed by atoms with Gasteiger partial charge in [-0.1, -0.05) is 38.8 Å². The third-order valence-corrected chi connectivity index (χ3v) is 5.53. The second-order valence-corrected chi connectivity index (χ2v) is 7.85. The number of rotatable bonds is 9. The summed E-state index contributed by atoms with van der Waals surface area (Å²) in [6.07, 6.45) is 11.5. The second-order valence-electron chi connectivity index (χ2n) is 7.85. The molecule has 5 heteroatoms. The van der Waals surface area contributed by atoms with Crippen molar-refractivity contribution in [1.29, 1.82) is 0 Å². The van der Waals surface area contributed by atoms with Crippen molar-refractivity contribution >= 4 is 0 Å². The molecule has 148 valence electrons. The molecule has 0 N–H and O–H groups in total. The molecule has 27 heavy (non-hydrogen) atoms. The van der Waals surface area contributed by atoms with E-state index in [0.29, 0.717) is 6.54 Å². The molecule has 2 aromatic rings. The lowest BCUT2D eigenvalue weighted by Gasteiger charge is -2.47. The average molecular weight is 375 g/mol. The Kier molecular flexibility index (Phi) is 6.66. The van der Waals surface area contributed by atoms with E-state index in [2.05, 4.69) is 18.8 Å². The van der Waals surface area contributed by atoms with E-state index in [1.807, 2.05) is 22.9 Å². The van der Waals surface area contributed by atoms with Gasteiger partial charge in [0.25, 0.3) is 0 Å². The number of ether oxygens (including phenoxy) is 2. The highest BCUT2D eigenvalue weighted by molar-refractivity contribution is 5.16. The van der Waals surface area contributed by atoms with Crippen molar-refractivity contribution in [1.82, 2.24) is 9.55 Å². The van der Waals surface area contributed by atoms with E-state index in [4.69, 9.17) is 9.47 Å². The molecule has 1 aromatic carbocycles. The van der Waals surface area contributed by atoms with Crippen LogP contribution in [0.2, 0.25) is 0 Å². The number of imidazole rings is 1. The molecule has 0 bridgehead atoms. The molecular formula is C22H31FN2O2. The molecule has 4 nitrogen and oxygen atoms in total. The predicted octanol–water partition coefficient (Wildman–Crippen LogP) is 4.98. The molecule has 1 aliphatic heterocycles. The Morgan fingerprint density at radius 2 is 1.70 bits per heavy atom. The molecule has 1 fully saturated rings. The van der Waals surface area contributed by atoms with Gasteiger partial charge in [-0.2, -0.15) is 0 Å². The Morgan fingerprint density at radius 1 is 1.04 bits per heavy atom. The van der Waals surface area contributed by atoms with Gasteiger partial charge in [0.05, 0.1) is 26.1 Å². The molecule has 2 heterocycles. The van der Waals surface area contributed by atoms with E-state index in [9.17, 15) is 4.39 Å². The van der Waals surface area contributed by atoms with Gasteiger partial charge in [-0.05, 0) is 37.0 Å². The number of halogens is 1. The van der Waals surface area contributed by atoms with Gasteiger partial charge >= 0.3 is 0 Å². The van der Waals surface area contributed by atoms with Crippen LogP contribution in [0.5, 0.6) is 0 Å². The van der Waals surface area contributed by atoms with Crippen molar-refractivity contribution in [2.24, 2.45) is 5.41 Å². The van der Waals surface area contributed by atoms with E-state index in [0.717, 1.165) is 57.3 Å². The lowest BCUT2D eigenvalue weighted by molar-refractivity contribution is -0.314. The summed E-state index contributed by atoms with van der Waals surface area (Å²) in [4.78, 5) is 4.14. The van der Waals surface area contributed by atoms with Gasteiger partial charge in [0.1, 0.15) is 5.82 Å². The number of aryl methyl sites for hydroxylation is 1. The first-order valence-electron chi connectivity index (χ1n) is 10.1. The molecule has 0 aliphatic carbocycles. The van der Waals surface area contributed by atoms with Crippen LogP contribution in [0.3, 0.4) is 0 Å². The molecule has 1 aliphatic rings. The molecular weight excluding hydrogens is 343 g/mol. The Balaban J connectivity index is 1.72. The first-order valence-corrected chi connectivity index (χ1v) is 10.1. The highest BCUT2D eigenvalue weighted by atomic mass is 19.1. The standard InChI is InChI=1S/C22H31FN2O2/c1-3-10-21(11-4-2)16-26-22(27-17-21,15-25-14-13-24-18-25)12-9-19-5-7-20(23)8-6-19/h5-8,13-14,18H,3-4,9-12,15-17H2,1-2H3. The second kappa shape index (κ2) is 8.98. The van der Waals surface area contributed by atoms with E-state index in [1.165, 1.54) is 12.1 Å². The Hall–Kier alpha value is -1.72. The largest absolute Gasteiger partial charge is 0.347 e. The van der Waals surface area contributed by atoms with Crippen LogP contribution in [-0.2, 0) is 22.4 Å². The van der Waals surface area contributed by atoms with E-state index in [1.54, 1.807) is 12.5 Å². The van der Waals surface area contributed by atoms with Crippen LogP contribution in [-0.4, -0.2) is 28.6 Å². The quantitative estimate of drug-likeness (QED) is 0.621. The van der Waals surface area contributed by atoms with Crippen LogP contribution in [0.4, 0.5) is 4.39 Å². The van der Waals surface area contributed by atoms with Crippen molar-refractivity contribution in [3.8, 4) is 0 Å². The fourth-order valence-electron chi connectivity index (χ4n) is 4.09. The predicted molar refractivity (Wildman–Crippen MR) is 104 cm³/mol. The summed E-state index contributed by atoms with van der Waals surface area (Å²) in [5.74, 6) is -0.874. The van der Waals surface area contributed by atoms with Gasteiger partial charge in [0.2, 0.25) is 0 Å². The molecule has 0 atom stereocenters. The fraction of sp³-hybridized carbons (Fsp3) is 0.591. The first kappa shape index (κ1) is 20.0. The lowest BCUT2D eigenvalue weighted by atomic mass is 9.79. The number of hydrogen-bond acceptors (Lipinski definition) is 3. The number of benzene rings is 1. The van der Waals surface area contributed by atoms with Gasteiger partial charge in [0, 0.05) is 24.2 Å². The van der Waals surface area contributed by atoms with Crippen LogP contribution in [0.25, 0.3) is 0 Å². The summed E-state index contributed by atoms with van der Waals surface area (Å²) in [7, 11) is 0. The van der Waals surface area contributed by atoms with Gasteiger partial charge < -0.3 is 14.0 Å². The van der Waals surface area contributed by atoms with Crippen molar-refractivity contribution in [3.05, 3.63) is 54.4 Å². The summed E-state index contributed by atoms with van der Waals surface area (Å²) < 4.78 is 28.1. The van der Waals surface area contributed by atoms with Gasteiger partial charge in [0.15, 0.2) is 5.79 Å². The number of hydrogen-bond donors (Lipinski definition) is 0. The monoisotopic (exact) mass is 374 g/mol. The van der Waals surface area contributed by atoms with Gasteiger partial charge in [-0.3, -0.25) is 0 Å². The van der Waals surface area contributed by atoms with E-state index >= 15 is 0 Å². The zero-order chi connectivity index (χ0) is 19.2. The van der Waals surface area contributed by atoms with Crippen LogP contribution >= 0.6 is 0 Å². The minimum atomic E-state index is -0.667. The minimum absolute atomic E-state index is 0.123. The number of aromatic nitrogens is 2. The Labute approximate surface area is 161 Å². The summed E-state index contributed by atoms with van der Waals surface area (Å²) >= 11 is 0. The molecule has 0 saturated carbocycles. The van der Waals surface area contributed by atoms with Crippen LogP contribution < -0.4 is 0 Å². The maximum atomic E-state index is 13.2. The molecule has 1 aromatic heterocycles. The molecule has 3 rings (SSSR count). The SMILES string of the molecule is CCCC1(CCC)COC(CCc2ccc(F)cc2)(Cn2ccnc2)OC1. The zero-order valence-electron chi connectivity index (χ0n) is 16.5. The van der Waals surface area contributed by atoms with Crippen molar-refractivity contribution in [2.75, 3.05) is 13.2 Å². The molecule has 0 amide bonds. The Morgan fingerprint density at radius 3 is 2.26 bits per heavy atom. The smallest absolute Gasteiger partial charge is 0.186 e. The highest BCUT2D eigenvalue weighted by Gasteiger charge is 2.44. The van der Waals surface area contributed by atoms with Crippen LogP contribution in [0, 0.1) is 11.2 Å². The zero-order valence-corrected chi connectivity index (χ0v) is 16.5. The maximum Gasteiger partial charge on any atom is 0.186 e. The molecule has 0 unspecified atom stereocenters. The Bertz CT molecular complexity index is 669. The highest BCUT2D eigenvalue weighted by Crippen LogP contribution is 2.40. The molecule has 0 radical (unpaired) electrons.